The average molecular weight is 399 g/mol. The van der Waals surface area contributed by atoms with Crippen molar-refractivity contribution in [1.82, 2.24) is 19.3 Å². The lowest BCUT2D eigenvalue weighted by Crippen LogP contribution is -2.26. The predicted molar refractivity (Wildman–Crippen MR) is 101 cm³/mol. The number of aromatic nitrogens is 4. The van der Waals surface area contributed by atoms with Gasteiger partial charge in [-0.05, 0) is 37.5 Å². The summed E-state index contributed by atoms with van der Waals surface area (Å²) in [4.78, 5) is 28.7. The number of halogens is 1. The Morgan fingerprint density at radius 2 is 2.07 bits per heavy atom. The summed E-state index contributed by atoms with van der Waals surface area (Å²) < 4.78 is 17.1. The molecule has 3 N–H and O–H groups in total. The van der Waals surface area contributed by atoms with Crippen LogP contribution >= 0.6 is 0 Å². The fraction of sp³-hybridized carbons (Fsp3) is 0.263. The van der Waals surface area contributed by atoms with Crippen molar-refractivity contribution in [3.8, 4) is 17.3 Å². The summed E-state index contributed by atoms with van der Waals surface area (Å²) in [7, 11) is 0. The van der Waals surface area contributed by atoms with Gasteiger partial charge in [-0.1, -0.05) is 0 Å². The second kappa shape index (κ2) is 7.04. The number of phenolic OH excluding ortho intramolecular Hbond substituents is 1. The molecule has 29 heavy (non-hydrogen) atoms. The number of carbonyl (C=O) groups excluding carboxylic acids is 1. The summed E-state index contributed by atoms with van der Waals surface area (Å²) in [5.74, 6) is -2.10. The topological polar surface area (TPSA) is 122 Å². The molecule has 0 radical (unpaired) electrons. The van der Waals surface area contributed by atoms with Gasteiger partial charge in [0.25, 0.3) is 5.91 Å². The summed E-state index contributed by atoms with van der Waals surface area (Å²) in [6.07, 6.45) is 3.72. The number of hydrogen-bond acceptors (Lipinski definition) is 6. The van der Waals surface area contributed by atoms with Gasteiger partial charge >= 0.3 is 5.69 Å². The Kier molecular flexibility index (Phi) is 4.53. The number of aromatic hydroxyl groups is 2. The quantitative estimate of drug-likeness (QED) is 0.618. The van der Waals surface area contributed by atoms with E-state index in [-0.39, 0.29) is 16.9 Å². The molecule has 0 fully saturated rings. The van der Waals surface area contributed by atoms with Crippen molar-refractivity contribution in [2.24, 2.45) is 0 Å². The molecule has 0 saturated heterocycles. The molecule has 3 aromatic rings. The van der Waals surface area contributed by atoms with Crippen LogP contribution in [-0.2, 0) is 13.0 Å². The van der Waals surface area contributed by atoms with E-state index in [0.717, 1.165) is 29.7 Å². The highest BCUT2D eigenvalue weighted by Crippen LogP contribution is 2.28. The fourth-order valence-corrected chi connectivity index (χ4v) is 3.33. The first-order chi connectivity index (χ1) is 13.9. The molecule has 2 aromatic heterocycles. The lowest BCUT2D eigenvalue weighted by molar-refractivity contribution is 0.102. The van der Waals surface area contributed by atoms with E-state index in [1.165, 1.54) is 10.8 Å². The van der Waals surface area contributed by atoms with Gasteiger partial charge in [0.05, 0.1) is 5.56 Å². The van der Waals surface area contributed by atoms with Crippen molar-refractivity contribution < 1.29 is 19.4 Å². The molecular formula is C19H18FN5O4. The average Bonchev–Trinajstić information content (AvgIpc) is 3.03. The van der Waals surface area contributed by atoms with Crippen LogP contribution in [0.4, 0.5) is 10.1 Å². The molecule has 3 heterocycles. The number of pyridine rings is 1. The molecule has 0 unspecified atom stereocenters. The number of benzene rings is 1. The first kappa shape index (κ1) is 18.7. The maximum absolute atomic E-state index is 14.8. The zero-order valence-corrected chi connectivity index (χ0v) is 15.5. The molecule has 150 valence electrons. The monoisotopic (exact) mass is 399 g/mol. The minimum Gasteiger partial charge on any atom is -0.507 e. The molecule has 1 aliphatic rings. The maximum Gasteiger partial charge on any atom is 0.350 e. The largest absolute Gasteiger partial charge is 0.507 e. The minimum absolute atomic E-state index is 0.0550. The molecule has 1 amide bonds. The number of amides is 1. The molecular weight excluding hydrogens is 381 g/mol. The first-order valence-electron chi connectivity index (χ1n) is 9.04. The van der Waals surface area contributed by atoms with Crippen LogP contribution in [-0.4, -0.2) is 35.5 Å². The zero-order valence-electron chi connectivity index (χ0n) is 15.5. The van der Waals surface area contributed by atoms with Gasteiger partial charge in [-0.2, -0.15) is 4.68 Å². The zero-order chi connectivity index (χ0) is 20.7. The Morgan fingerprint density at radius 1 is 1.28 bits per heavy atom. The SMILES string of the molecule is Cc1ccnc(O)c1NC(=O)c1cc(F)c(-n2nc3n(c2=O)CCCC3)cc1O. The summed E-state index contributed by atoms with van der Waals surface area (Å²) >= 11 is 0. The van der Waals surface area contributed by atoms with Crippen molar-refractivity contribution in [3.05, 3.63) is 57.6 Å². The van der Waals surface area contributed by atoms with Crippen molar-refractivity contribution in [3.63, 3.8) is 0 Å². The number of carbonyl (C=O) groups is 1. The predicted octanol–water partition coefficient (Wildman–Crippen LogP) is 1.88. The van der Waals surface area contributed by atoms with E-state index in [1.54, 1.807) is 13.0 Å². The van der Waals surface area contributed by atoms with Crippen LogP contribution in [0.15, 0.2) is 29.2 Å². The fourth-order valence-electron chi connectivity index (χ4n) is 3.33. The number of phenols is 1. The third-order valence-electron chi connectivity index (χ3n) is 4.89. The standard InChI is InChI=1S/C19H18FN5O4/c1-10-5-6-21-18(28)16(10)22-17(27)11-8-12(20)13(9-14(11)26)25-19(29)24-7-3-2-4-15(24)23-25/h5-6,8-9,26H,2-4,7H2,1H3,(H,21,28)(H,22,27). The normalized spacial score (nSPS) is 13.2. The van der Waals surface area contributed by atoms with Gasteiger partial charge in [-0.25, -0.2) is 14.2 Å². The van der Waals surface area contributed by atoms with Gasteiger partial charge in [-0.3, -0.25) is 9.36 Å². The number of nitrogens with one attached hydrogen (secondary N) is 1. The van der Waals surface area contributed by atoms with E-state index < -0.39 is 29.0 Å². The van der Waals surface area contributed by atoms with Crippen molar-refractivity contribution >= 4 is 11.6 Å². The van der Waals surface area contributed by atoms with E-state index in [4.69, 9.17) is 0 Å². The van der Waals surface area contributed by atoms with Gasteiger partial charge < -0.3 is 15.5 Å². The van der Waals surface area contributed by atoms with Gasteiger partial charge in [0, 0.05) is 25.2 Å². The molecule has 0 atom stereocenters. The minimum atomic E-state index is -0.891. The third kappa shape index (κ3) is 3.22. The first-order valence-corrected chi connectivity index (χ1v) is 9.04. The highest BCUT2D eigenvalue weighted by molar-refractivity contribution is 6.07. The van der Waals surface area contributed by atoms with E-state index >= 15 is 0 Å². The lowest BCUT2D eigenvalue weighted by atomic mass is 10.1. The number of nitrogens with zero attached hydrogens (tertiary/aromatic N) is 4. The second-order valence-corrected chi connectivity index (χ2v) is 6.82. The van der Waals surface area contributed by atoms with Crippen molar-refractivity contribution in [1.29, 1.82) is 0 Å². The van der Waals surface area contributed by atoms with Crippen LogP contribution in [0.2, 0.25) is 0 Å². The molecule has 1 aromatic carbocycles. The number of rotatable bonds is 3. The molecule has 0 bridgehead atoms. The highest BCUT2D eigenvalue weighted by Gasteiger charge is 2.23. The molecule has 1 aliphatic heterocycles. The number of aryl methyl sites for hydroxylation is 2. The van der Waals surface area contributed by atoms with Gasteiger partial charge in [-0.15, -0.1) is 5.10 Å². The van der Waals surface area contributed by atoms with Crippen LogP contribution < -0.4 is 11.0 Å². The van der Waals surface area contributed by atoms with Crippen molar-refractivity contribution in [2.45, 2.75) is 32.7 Å². The van der Waals surface area contributed by atoms with E-state index in [1.807, 2.05) is 0 Å². The molecule has 9 nitrogen and oxygen atoms in total. The second-order valence-electron chi connectivity index (χ2n) is 6.82. The molecule has 0 aliphatic carbocycles. The van der Waals surface area contributed by atoms with E-state index in [9.17, 15) is 24.2 Å². The maximum atomic E-state index is 14.8. The summed E-state index contributed by atoms with van der Waals surface area (Å²) in [5.41, 5.74) is -0.500. The Hall–Kier alpha value is -3.69. The Labute approximate surface area is 164 Å². The Balaban J connectivity index is 1.70. The smallest absolute Gasteiger partial charge is 0.350 e. The van der Waals surface area contributed by atoms with Crippen LogP contribution in [0, 0.1) is 12.7 Å². The summed E-state index contributed by atoms with van der Waals surface area (Å²) in [6.45, 7) is 2.16. The van der Waals surface area contributed by atoms with Gasteiger partial charge in [0.1, 0.15) is 28.8 Å². The Morgan fingerprint density at radius 3 is 2.79 bits per heavy atom. The third-order valence-corrected chi connectivity index (χ3v) is 4.89. The molecule has 10 heteroatoms. The van der Waals surface area contributed by atoms with E-state index in [0.29, 0.717) is 24.4 Å². The summed E-state index contributed by atoms with van der Waals surface area (Å²) in [6, 6.07) is 3.39. The molecule has 0 spiro atoms. The Bertz CT molecular complexity index is 1160. The van der Waals surface area contributed by atoms with Crippen LogP contribution in [0.3, 0.4) is 0 Å². The van der Waals surface area contributed by atoms with Crippen LogP contribution in [0.1, 0.15) is 34.6 Å². The van der Waals surface area contributed by atoms with Crippen LogP contribution in [0.5, 0.6) is 11.6 Å². The molecule has 0 saturated carbocycles. The molecule has 4 rings (SSSR count). The van der Waals surface area contributed by atoms with Gasteiger partial charge in [0.2, 0.25) is 5.88 Å². The number of anilines is 1. The van der Waals surface area contributed by atoms with Crippen molar-refractivity contribution in [2.75, 3.05) is 5.32 Å². The lowest BCUT2D eigenvalue weighted by Gasteiger charge is -2.11. The van der Waals surface area contributed by atoms with E-state index in [2.05, 4.69) is 15.4 Å². The van der Waals surface area contributed by atoms with Crippen LogP contribution in [0.25, 0.3) is 5.69 Å². The number of fused-ring (bicyclic) bond motifs is 1. The number of hydrogen-bond donors (Lipinski definition) is 3. The highest BCUT2D eigenvalue weighted by atomic mass is 19.1. The summed E-state index contributed by atoms with van der Waals surface area (Å²) in [5, 5.41) is 26.7. The van der Waals surface area contributed by atoms with Gasteiger partial charge in [0.15, 0.2) is 0 Å².